The van der Waals surface area contributed by atoms with Crippen molar-refractivity contribution in [3.05, 3.63) is 51.5 Å². The highest BCUT2D eigenvalue weighted by Gasteiger charge is 2.04. The van der Waals surface area contributed by atoms with E-state index in [0.717, 1.165) is 11.3 Å². The molecule has 0 aliphatic carbocycles. The fourth-order valence-corrected chi connectivity index (χ4v) is 2.06. The average Bonchev–Trinajstić information content (AvgIpc) is 2.26. The van der Waals surface area contributed by atoms with Crippen LogP contribution in [0.1, 0.15) is 17.0 Å². The molecule has 0 unspecified atom stereocenters. The Morgan fingerprint density at radius 2 is 1.72 bits per heavy atom. The molecule has 0 aliphatic rings. The van der Waals surface area contributed by atoms with E-state index in [4.69, 9.17) is 27.9 Å². The van der Waals surface area contributed by atoms with Crippen LogP contribution in [0.4, 0.5) is 0 Å². The summed E-state index contributed by atoms with van der Waals surface area (Å²) in [7, 11) is 0. The van der Waals surface area contributed by atoms with Gasteiger partial charge in [-0.2, -0.15) is 0 Å². The number of aryl methyl sites for hydroxylation is 2. The number of hydrogen-bond donors (Lipinski definition) is 0. The number of ether oxygens (including phenoxy) is 1. The van der Waals surface area contributed by atoms with Crippen LogP contribution in [0.25, 0.3) is 0 Å². The van der Waals surface area contributed by atoms with Crippen molar-refractivity contribution in [2.24, 2.45) is 0 Å². The van der Waals surface area contributed by atoms with Crippen LogP contribution in [-0.4, -0.2) is 9.97 Å². The highest BCUT2D eigenvalue weighted by Crippen LogP contribution is 2.20. The number of hydrogen-bond acceptors (Lipinski definition) is 3. The Hall–Kier alpha value is -1.32. The Balaban J connectivity index is 2.11. The van der Waals surface area contributed by atoms with Gasteiger partial charge in [-0.25, -0.2) is 9.97 Å². The zero-order valence-corrected chi connectivity index (χ0v) is 11.6. The van der Waals surface area contributed by atoms with Crippen molar-refractivity contribution in [1.82, 2.24) is 9.97 Å². The van der Waals surface area contributed by atoms with Gasteiger partial charge in [-0.05, 0) is 25.5 Å². The summed E-state index contributed by atoms with van der Waals surface area (Å²) in [6.45, 7) is 4.27. The first kappa shape index (κ1) is 13.1. The summed E-state index contributed by atoms with van der Waals surface area (Å²) in [5, 5.41) is 0.628. The topological polar surface area (TPSA) is 35.0 Å². The summed E-state index contributed by atoms with van der Waals surface area (Å²) in [4.78, 5) is 8.08. The molecule has 1 heterocycles. The smallest absolute Gasteiger partial charge is 0.169 e. The second kappa shape index (κ2) is 5.55. The van der Waals surface area contributed by atoms with E-state index in [2.05, 4.69) is 16.0 Å². The van der Waals surface area contributed by atoms with E-state index in [0.29, 0.717) is 16.1 Å². The molecule has 0 bridgehead atoms. The molecule has 5 heteroatoms. The van der Waals surface area contributed by atoms with Crippen molar-refractivity contribution >= 4 is 23.2 Å². The standard InChI is InChI=1S/C13H12Cl2N2O/c1-8-3-4-10(9(2)5-8)18-7-13-16-11(14)6-12(15)17-13/h3-6H,7H2,1-2H3. The third-order valence-electron chi connectivity index (χ3n) is 2.40. The van der Waals surface area contributed by atoms with Gasteiger partial charge in [-0.3, -0.25) is 0 Å². The molecule has 3 nitrogen and oxygen atoms in total. The number of benzene rings is 1. The summed E-state index contributed by atoms with van der Waals surface area (Å²) in [6.07, 6.45) is 0. The van der Waals surface area contributed by atoms with E-state index >= 15 is 0 Å². The third-order valence-corrected chi connectivity index (χ3v) is 2.78. The van der Waals surface area contributed by atoms with Crippen LogP contribution >= 0.6 is 23.2 Å². The normalized spacial score (nSPS) is 10.4. The molecule has 1 aromatic heterocycles. The second-order valence-corrected chi connectivity index (χ2v) is 4.76. The molecular formula is C13H12Cl2N2O. The van der Waals surface area contributed by atoms with Crippen LogP contribution in [0.3, 0.4) is 0 Å². The van der Waals surface area contributed by atoms with E-state index < -0.39 is 0 Å². The Labute approximate surface area is 116 Å². The largest absolute Gasteiger partial charge is 0.485 e. The highest BCUT2D eigenvalue weighted by atomic mass is 35.5. The predicted octanol–water partition coefficient (Wildman–Crippen LogP) is 3.98. The van der Waals surface area contributed by atoms with Gasteiger partial charge in [0.15, 0.2) is 5.82 Å². The molecular weight excluding hydrogens is 271 g/mol. The van der Waals surface area contributed by atoms with E-state index in [9.17, 15) is 0 Å². The average molecular weight is 283 g/mol. The van der Waals surface area contributed by atoms with Crippen LogP contribution in [0, 0.1) is 13.8 Å². The fourth-order valence-electron chi connectivity index (χ4n) is 1.60. The molecule has 0 saturated carbocycles. The Morgan fingerprint density at radius 1 is 1.06 bits per heavy atom. The first-order valence-electron chi connectivity index (χ1n) is 5.43. The van der Waals surface area contributed by atoms with Crippen molar-refractivity contribution < 1.29 is 4.74 Å². The Morgan fingerprint density at radius 3 is 2.33 bits per heavy atom. The van der Waals surface area contributed by atoms with E-state index in [1.807, 2.05) is 26.0 Å². The van der Waals surface area contributed by atoms with E-state index in [1.165, 1.54) is 11.6 Å². The van der Waals surface area contributed by atoms with Gasteiger partial charge in [0.05, 0.1) is 0 Å². The molecule has 0 fully saturated rings. The van der Waals surface area contributed by atoms with Crippen LogP contribution in [0.2, 0.25) is 10.3 Å². The molecule has 0 spiro atoms. The summed E-state index contributed by atoms with van der Waals surface area (Å²) < 4.78 is 5.65. The molecule has 0 saturated heterocycles. The third kappa shape index (κ3) is 3.34. The maximum Gasteiger partial charge on any atom is 0.169 e. The predicted molar refractivity (Wildman–Crippen MR) is 72.3 cm³/mol. The van der Waals surface area contributed by atoms with Gasteiger partial charge < -0.3 is 4.74 Å². The van der Waals surface area contributed by atoms with Gasteiger partial charge in [-0.1, -0.05) is 40.9 Å². The van der Waals surface area contributed by atoms with Crippen LogP contribution in [0.5, 0.6) is 5.75 Å². The molecule has 0 amide bonds. The summed E-state index contributed by atoms with van der Waals surface area (Å²) in [6, 6.07) is 7.47. The van der Waals surface area contributed by atoms with Gasteiger partial charge in [0.25, 0.3) is 0 Å². The van der Waals surface area contributed by atoms with Crippen LogP contribution in [0.15, 0.2) is 24.3 Å². The Kier molecular flexibility index (Phi) is 4.04. The van der Waals surface area contributed by atoms with Crippen LogP contribution in [-0.2, 0) is 6.61 Å². The molecule has 0 atom stereocenters. The number of rotatable bonds is 3. The van der Waals surface area contributed by atoms with E-state index in [1.54, 1.807) is 0 Å². The molecule has 0 radical (unpaired) electrons. The maximum atomic E-state index is 5.79. The molecule has 94 valence electrons. The molecule has 1 aromatic carbocycles. The van der Waals surface area contributed by atoms with Gasteiger partial charge in [0.2, 0.25) is 0 Å². The lowest BCUT2D eigenvalue weighted by atomic mass is 10.1. The molecule has 0 N–H and O–H groups in total. The van der Waals surface area contributed by atoms with Crippen molar-refractivity contribution in [2.45, 2.75) is 20.5 Å². The van der Waals surface area contributed by atoms with Gasteiger partial charge in [-0.15, -0.1) is 0 Å². The van der Waals surface area contributed by atoms with Crippen molar-refractivity contribution in [3.63, 3.8) is 0 Å². The van der Waals surface area contributed by atoms with Gasteiger partial charge in [0.1, 0.15) is 22.7 Å². The fraction of sp³-hybridized carbons (Fsp3) is 0.231. The highest BCUT2D eigenvalue weighted by molar-refractivity contribution is 6.33. The minimum Gasteiger partial charge on any atom is -0.485 e. The summed E-state index contributed by atoms with van der Waals surface area (Å²) in [5.41, 5.74) is 2.27. The first-order chi connectivity index (χ1) is 8.54. The van der Waals surface area contributed by atoms with E-state index in [-0.39, 0.29) is 6.61 Å². The Bertz CT molecular complexity index is 553. The van der Waals surface area contributed by atoms with Gasteiger partial charge >= 0.3 is 0 Å². The molecule has 2 rings (SSSR count). The summed E-state index contributed by atoms with van der Waals surface area (Å²) >= 11 is 11.6. The van der Waals surface area contributed by atoms with Crippen molar-refractivity contribution in [3.8, 4) is 5.75 Å². The van der Waals surface area contributed by atoms with Crippen molar-refractivity contribution in [1.29, 1.82) is 0 Å². The lowest BCUT2D eigenvalue weighted by Crippen LogP contribution is -2.02. The summed E-state index contributed by atoms with van der Waals surface area (Å²) in [5.74, 6) is 1.27. The second-order valence-electron chi connectivity index (χ2n) is 3.99. The molecule has 2 aromatic rings. The van der Waals surface area contributed by atoms with Crippen LogP contribution < -0.4 is 4.74 Å². The lowest BCUT2D eigenvalue weighted by Gasteiger charge is -2.09. The first-order valence-corrected chi connectivity index (χ1v) is 6.19. The quantitative estimate of drug-likeness (QED) is 0.799. The monoisotopic (exact) mass is 282 g/mol. The minimum atomic E-state index is 0.240. The minimum absolute atomic E-state index is 0.240. The SMILES string of the molecule is Cc1ccc(OCc2nc(Cl)cc(Cl)n2)c(C)c1. The van der Waals surface area contributed by atoms with Gasteiger partial charge in [0, 0.05) is 6.07 Å². The maximum absolute atomic E-state index is 5.79. The number of halogens is 2. The molecule has 0 aliphatic heterocycles. The zero-order valence-electron chi connectivity index (χ0n) is 10.1. The number of aromatic nitrogens is 2. The lowest BCUT2D eigenvalue weighted by molar-refractivity contribution is 0.294. The van der Waals surface area contributed by atoms with Crippen molar-refractivity contribution in [2.75, 3.05) is 0 Å². The zero-order chi connectivity index (χ0) is 13.1. The molecule has 18 heavy (non-hydrogen) atoms. The number of nitrogens with zero attached hydrogens (tertiary/aromatic N) is 2.